The molecule has 0 bridgehead atoms. The third-order valence-corrected chi connectivity index (χ3v) is 2.35. The van der Waals surface area contributed by atoms with E-state index in [2.05, 4.69) is 0 Å². The summed E-state index contributed by atoms with van der Waals surface area (Å²) in [6.45, 7) is 0. The summed E-state index contributed by atoms with van der Waals surface area (Å²) < 4.78 is 13.5. The molecule has 0 aliphatic carbocycles. The van der Waals surface area contributed by atoms with Gasteiger partial charge in [-0.05, 0) is 24.8 Å². The summed E-state index contributed by atoms with van der Waals surface area (Å²) in [6.07, 6.45) is 2.01. The van der Waals surface area contributed by atoms with Crippen molar-refractivity contribution in [3.63, 3.8) is 0 Å². The normalized spacial score (nSPS) is 10.3. The molecule has 0 aliphatic heterocycles. The quantitative estimate of drug-likeness (QED) is 0.338. The van der Waals surface area contributed by atoms with E-state index in [-0.39, 0.29) is 0 Å². The number of rotatable bonds is 5. The Morgan fingerprint density at radius 3 is 2.73 bits per heavy atom. The molecule has 5 heteroatoms. The highest BCUT2D eigenvalue weighted by molar-refractivity contribution is 6.17. The number of nitrogens with zero attached hydrogens (tertiary/aromatic N) is 1. The number of nitro groups is 1. The molecule has 1 rings (SSSR count). The van der Waals surface area contributed by atoms with E-state index < -0.39 is 16.4 Å². The molecule has 15 heavy (non-hydrogen) atoms. The van der Waals surface area contributed by atoms with Gasteiger partial charge in [-0.1, -0.05) is 12.1 Å². The molecule has 0 atom stereocenters. The highest BCUT2D eigenvalue weighted by Gasteiger charge is 2.16. The second-order valence-electron chi connectivity index (χ2n) is 3.15. The van der Waals surface area contributed by atoms with Gasteiger partial charge >= 0.3 is 5.69 Å². The standard InChI is InChI=1S/C10H11ClFNO2/c11-7-2-1-4-8-5-3-6-9(10(8)12)13(14)15/h3,5-6H,1-2,4,7H2. The topological polar surface area (TPSA) is 43.1 Å². The maximum atomic E-state index is 13.5. The van der Waals surface area contributed by atoms with Crippen LogP contribution in [0.4, 0.5) is 10.1 Å². The predicted molar refractivity (Wildman–Crippen MR) is 56.7 cm³/mol. The zero-order valence-corrected chi connectivity index (χ0v) is 8.84. The fourth-order valence-corrected chi connectivity index (χ4v) is 1.50. The molecule has 0 unspecified atom stereocenters. The smallest absolute Gasteiger partial charge is 0.258 e. The van der Waals surface area contributed by atoms with Crippen LogP contribution >= 0.6 is 11.6 Å². The minimum absolute atomic E-state index is 0.384. The van der Waals surface area contributed by atoms with E-state index in [0.717, 1.165) is 12.8 Å². The lowest BCUT2D eigenvalue weighted by atomic mass is 10.1. The van der Waals surface area contributed by atoms with Gasteiger partial charge in [-0.25, -0.2) is 0 Å². The fraction of sp³-hybridized carbons (Fsp3) is 0.400. The van der Waals surface area contributed by atoms with Crippen LogP contribution in [-0.4, -0.2) is 10.8 Å². The van der Waals surface area contributed by atoms with Gasteiger partial charge in [-0.2, -0.15) is 4.39 Å². The Bertz CT molecular complexity index is 357. The average molecular weight is 232 g/mol. The number of alkyl halides is 1. The van der Waals surface area contributed by atoms with Crippen LogP contribution in [0.2, 0.25) is 0 Å². The second-order valence-corrected chi connectivity index (χ2v) is 3.53. The van der Waals surface area contributed by atoms with Gasteiger partial charge in [0, 0.05) is 11.9 Å². The van der Waals surface area contributed by atoms with Crippen molar-refractivity contribution < 1.29 is 9.31 Å². The molecule has 0 fully saturated rings. The van der Waals surface area contributed by atoms with Crippen LogP contribution in [-0.2, 0) is 6.42 Å². The van der Waals surface area contributed by atoms with E-state index in [9.17, 15) is 14.5 Å². The van der Waals surface area contributed by atoms with E-state index >= 15 is 0 Å². The Balaban J connectivity index is 2.80. The van der Waals surface area contributed by atoms with Crippen molar-refractivity contribution in [2.75, 3.05) is 5.88 Å². The summed E-state index contributed by atoms with van der Waals surface area (Å²) >= 11 is 5.49. The summed E-state index contributed by atoms with van der Waals surface area (Å²) in [5, 5.41) is 10.4. The maximum Gasteiger partial charge on any atom is 0.305 e. The fourth-order valence-electron chi connectivity index (χ4n) is 1.31. The molecule has 0 saturated heterocycles. The van der Waals surface area contributed by atoms with Crippen LogP contribution in [0.25, 0.3) is 0 Å². The van der Waals surface area contributed by atoms with Crippen LogP contribution in [0, 0.1) is 15.9 Å². The molecule has 82 valence electrons. The highest BCUT2D eigenvalue weighted by atomic mass is 35.5. The van der Waals surface area contributed by atoms with E-state index in [4.69, 9.17) is 11.6 Å². The van der Waals surface area contributed by atoms with E-state index in [1.165, 1.54) is 12.1 Å². The predicted octanol–water partition coefficient (Wildman–Crippen LogP) is 3.30. The second kappa shape index (κ2) is 5.66. The summed E-state index contributed by atoms with van der Waals surface area (Å²) in [4.78, 5) is 9.74. The van der Waals surface area contributed by atoms with Crippen molar-refractivity contribution in [3.8, 4) is 0 Å². The van der Waals surface area contributed by atoms with Crippen molar-refractivity contribution >= 4 is 17.3 Å². The van der Waals surface area contributed by atoms with Gasteiger partial charge < -0.3 is 0 Å². The number of unbranched alkanes of at least 4 members (excludes halogenated alkanes) is 1. The largest absolute Gasteiger partial charge is 0.305 e. The number of aryl methyl sites for hydroxylation is 1. The Hall–Kier alpha value is -1.16. The number of hydrogen-bond donors (Lipinski definition) is 0. The minimum atomic E-state index is -0.725. The average Bonchev–Trinajstić information content (AvgIpc) is 2.20. The number of benzene rings is 1. The molecule has 0 spiro atoms. The van der Waals surface area contributed by atoms with Gasteiger partial charge in [-0.15, -0.1) is 11.6 Å². The van der Waals surface area contributed by atoms with Crippen LogP contribution in [0.1, 0.15) is 18.4 Å². The van der Waals surface area contributed by atoms with Crippen LogP contribution in [0.3, 0.4) is 0 Å². The minimum Gasteiger partial charge on any atom is -0.258 e. The first-order chi connectivity index (χ1) is 7.16. The molecule has 0 saturated carbocycles. The first-order valence-corrected chi connectivity index (χ1v) is 5.18. The summed E-state index contributed by atoms with van der Waals surface area (Å²) in [5.41, 5.74) is -0.0762. The van der Waals surface area contributed by atoms with Crippen LogP contribution in [0.15, 0.2) is 18.2 Å². The lowest BCUT2D eigenvalue weighted by Gasteiger charge is -2.02. The molecular weight excluding hydrogens is 221 g/mol. The Labute approximate surface area is 92.0 Å². The third-order valence-electron chi connectivity index (χ3n) is 2.08. The van der Waals surface area contributed by atoms with Crippen LogP contribution < -0.4 is 0 Å². The highest BCUT2D eigenvalue weighted by Crippen LogP contribution is 2.21. The van der Waals surface area contributed by atoms with Crippen molar-refractivity contribution in [1.29, 1.82) is 0 Å². The molecule has 3 nitrogen and oxygen atoms in total. The van der Waals surface area contributed by atoms with E-state index in [1.54, 1.807) is 6.07 Å². The SMILES string of the molecule is O=[N+]([O-])c1cccc(CCCCCl)c1F. The lowest BCUT2D eigenvalue weighted by Crippen LogP contribution is -1.97. The van der Waals surface area contributed by atoms with Gasteiger partial charge in [0.25, 0.3) is 0 Å². The number of nitro benzene ring substituents is 1. The third kappa shape index (κ3) is 3.16. The number of hydrogen-bond acceptors (Lipinski definition) is 2. The van der Waals surface area contributed by atoms with Gasteiger partial charge in [0.2, 0.25) is 5.82 Å². The van der Waals surface area contributed by atoms with Crippen LogP contribution in [0.5, 0.6) is 0 Å². The lowest BCUT2D eigenvalue weighted by molar-refractivity contribution is -0.387. The Morgan fingerprint density at radius 1 is 1.40 bits per heavy atom. The summed E-state index contributed by atoms with van der Waals surface area (Å²) in [6, 6.07) is 4.23. The van der Waals surface area contributed by atoms with Gasteiger partial charge in [0.15, 0.2) is 0 Å². The molecule has 0 aromatic heterocycles. The van der Waals surface area contributed by atoms with Crippen molar-refractivity contribution in [2.24, 2.45) is 0 Å². The molecule has 1 aromatic carbocycles. The molecular formula is C10H11ClFNO2. The van der Waals surface area contributed by atoms with Gasteiger partial charge in [0.05, 0.1) is 4.92 Å². The zero-order chi connectivity index (χ0) is 11.3. The molecule has 0 amide bonds. The zero-order valence-electron chi connectivity index (χ0n) is 8.08. The molecule has 0 radical (unpaired) electrons. The van der Waals surface area contributed by atoms with Gasteiger partial charge in [-0.3, -0.25) is 10.1 Å². The van der Waals surface area contributed by atoms with Gasteiger partial charge in [0.1, 0.15) is 0 Å². The summed E-state index contributed by atoms with van der Waals surface area (Å²) in [5.74, 6) is -0.201. The molecule has 0 aliphatic rings. The van der Waals surface area contributed by atoms with Crippen molar-refractivity contribution in [2.45, 2.75) is 19.3 Å². The first-order valence-electron chi connectivity index (χ1n) is 4.64. The maximum absolute atomic E-state index is 13.5. The van der Waals surface area contributed by atoms with E-state index in [0.29, 0.717) is 17.9 Å². The van der Waals surface area contributed by atoms with Crippen molar-refractivity contribution in [1.82, 2.24) is 0 Å². The first kappa shape index (κ1) is 11.9. The van der Waals surface area contributed by atoms with Crippen molar-refractivity contribution in [3.05, 3.63) is 39.7 Å². The summed E-state index contributed by atoms with van der Waals surface area (Å²) in [7, 11) is 0. The van der Waals surface area contributed by atoms with E-state index in [1.807, 2.05) is 0 Å². The molecule has 0 heterocycles. The molecule has 0 N–H and O–H groups in total. The number of halogens is 2. The Morgan fingerprint density at radius 2 is 2.13 bits per heavy atom. The molecule has 1 aromatic rings. The Kier molecular flexibility index (Phi) is 4.49. The monoisotopic (exact) mass is 231 g/mol.